The van der Waals surface area contributed by atoms with Crippen LogP contribution in [-0.4, -0.2) is 5.71 Å². The van der Waals surface area contributed by atoms with Crippen LogP contribution in [0.4, 0.5) is 0 Å². The smallest absolute Gasteiger partial charge is 0.0643 e. The van der Waals surface area contributed by atoms with Crippen LogP contribution in [0, 0.1) is 0 Å². The Balaban J connectivity index is 2.12. The van der Waals surface area contributed by atoms with E-state index in [4.69, 9.17) is 0 Å². The molecule has 0 aliphatic heterocycles. The Kier molecular flexibility index (Phi) is 4.68. The van der Waals surface area contributed by atoms with Crippen LogP contribution in [0.25, 0.3) is 0 Å². The molecule has 0 bridgehead atoms. The summed E-state index contributed by atoms with van der Waals surface area (Å²) in [5, 5.41) is 0. The lowest BCUT2D eigenvalue weighted by Gasteiger charge is -2.04. The van der Waals surface area contributed by atoms with Gasteiger partial charge in [0.1, 0.15) is 0 Å². The summed E-state index contributed by atoms with van der Waals surface area (Å²) in [6.07, 6.45) is 2.83. The first-order valence-corrected chi connectivity index (χ1v) is 6.55. The predicted octanol–water partition coefficient (Wildman–Crippen LogP) is 4.42. The molecule has 1 heteroatoms. The van der Waals surface area contributed by atoms with E-state index < -0.39 is 0 Å². The summed E-state index contributed by atoms with van der Waals surface area (Å²) in [5.41, 5.74) is 4.79. The maximum atomic E-state index is 4.66. The van der Waals surface area contributed by atoms with Gasteiger partial charge in [-0.2, -0.15) is 0 Å². The molecule has 0 atom stereocenters. The second-order valence-corrected chi connectivity index (χ2v) is 4.58. The molecule has 0 aliphatic carbocycles. The van der Waals surface area contributed by atoms with Crippen molar-refractivity contribution in [1.29, 1.82) is 0 Å². The van der Waals surface area contributed by atoms with Gasteiger partial charge in [-0.1, -0.05) is 54.6 Å². The van der Waals surface area contributed by atoms with Crippen molar-refractivity contribution in [3.8, 4) is 0 Å². The van der Waals surface area contributed by atoms with E-state index in [1.165, 1.54) is 16.7 Å². The summed E-state index contributed by atoms with van der Waals surface area (Å²) in [7, 11) is 0. The van der Waals surface area contributed by atoms with Crippen LogP contribution in [-0.2, 0) is 13.0 Å². The molecule has 0 spiro atoms. The van der Waals surface area contributed by atoms with Crippen molar-refractivity contribution in [3.63, 3.8) is 0 Å². The number of rotatable bonds is 5. The van der Waals surface area contributed by atoms with Crippen molar-refractivity contribution < 1.29 is 0 Å². The summed E-state index contributed by atoms with van der Waals surface area (Å²) in [6, 6.07) is 18.8. The molecular formula is C18H19N. The highest BCUT2D eigenvalue weighted by Gasteiger charge is 1.98. The van der Waals surface area contributed by atoms with Gasteiger partial charge in [-0.3, -0.25) is 4.99 Å². The van der Waals surface area contributed by atoms with Gasteiger partial charge in [-0.25, -0.2) is 0 Å². The van der Waals surface area contributed by atoms with E-state index in [0.717, 1.165) is 18.7 Å². The summed E-state index contributed by atoms with van der Waals surface area (Å²) in [5.74, 6) is 0. The minimum atomic E-state index is 0.734. The normalized spacial score (nSPS) is 11.3. The number of nitrogens with zero attached hydrogens (tertiary/aromatic N) is 1. The number of hydrogen-bond donors (Lipinski definition) is 0. The molecular weight excluding hydrogens is 230 g/mol. The number of hydrogen-bond acceptors (Lipinski definition) is 1. The van der Waals surface area contributed by atoms with Crippen LogP contribution >= 0.6 is 0 Å². The van der Waals surface area contributed by atoms with Gasteiger partial charge in [-0.05, 0) is 36.1 Å². The van der Waals surface area contributed by atoms with Gasteiger partial charge in [-0.15, -0.1) is 6.58 Å². The third-order valence-electron chi connectivity index (χ3n) is 3.07. The van der Waals surface area contributed by atoms with Crippen molar-refractivity contribution in [3.05, 3.63) is 83.9 Å². The fraction of sp³-hybridized carbons (Fsp3) is 0.167. The second kappa shape index (κ2) is 6.69. The van der Waals surface area contributed by atoms with Crippen LogP contribution in [0.3, 0.4) is 0 Å². The van der Waals surface area contributed by atoms with Gasteiger partial charge < -0.3 is 0 Å². The first kappa shape index (κ1) is 13.3. The third kappa shape index (κ3) is 3.92. The van der Waals surface area contributed by atoms with E-state index in [2.05, 4.69) is 54.9 Å². The van der Waals surface area contributed by atoms with Gasteiger partial charge in [0, 0.05) is 5.71 Å². The highest BCUT2D eigenvalue weighted by Crippen LogP contribution is 2.09. The number of aliphatic imine (C=N–C) groups is 1. The molecule has 0 unspecified atom stereocenters. The van der Waals surface area contributed by atoms with Crippen molar-refractivity contribution >= 4 is 5.71 Å². The van der Waals surface area contributed by atoms with E-state index in [9.17, 15) is 0 Å². The first-order valence-electron chi connectivity index (χ1n) is 6.55. The molecule has 2 aromatic rings. The van der Waals surface area contributed by atoms with Gasteiger partial charge in [0.05, 0.1) is 6.54 Å². The van der Waals surface area contributed by atoms with E-state index in [1.54, 1.807) is 0 Å². The van der Waals surface area contributed by atoms with Gasteiger partial charge in [0.25, 0.3) is 0 Å². The molecule has 0 aliphatic rings. The monoisotopic (exact) mass is 249 g/mol. The summed E-state index contributed by atoms with van der Waals surface area (Å²) in [4.78, 5) is 4.66. The van der Waals surface area contributed by atoms with E-state index >= 15 is 0 Å². The largest absolute Gasteiger partial charge is 0.285 e. The molecule has 0 radical (unpaired) electrons. The lowest BCUT2D eigenvalue weighted by atomic mass is 10.1. The summed E-state index contributed by atoms with van der Waals surface area (Å²) in [6.45, 7) is 6.58. The fourth-order valence-corrected chi connectivity index (χ4v) is 1.97. The molecule has 0 amide bonds. The minimum absolute atomic E-state index is 0.734. The molecule has 0 fully saturated rings. The van der Waals surface area contributed by atoms with Crippen molar-refractivity contribution in [1.82, 2.24) is 0 Å². The lowest BCUT2D eigenvalue weighted by molar-refractivity contribution is 1.06. The zero-order valence-electron chi connectivity index (χ0n) is 11.3. The lowest BCUT2D eigenvalue weighted by Crippen LogP contribution is -1.97. The van der Waals surface area contributed by atoms with Crippen molar-refractivity contribution in [2.75, 3.05) is 0 Å². The molecule has 0 heterocycles. The Morgan fingerprint density at radius 3 is 2.53 bits per heavy atom. The fourth-order valence-electron chi connectivity index (χ4n) is 1.97. The average molecular weight is 249 g/mol. The average Bonchev–Trinajstić information content (AvgIpc) is 2.46. The SMILES string of the molecule is C=CCc1cccc(C(C)=NCc2ccccc2)c1. The molecule has 1 nitrogen and oxygen atoms in total. The number of benzene rings is 2. The Labute approximate surface area is 115 Å². The van der Waals surface area contributed by atoms with Crippen LogP contribution in [0.2, 0.25) is 0 Å². The second-order valence-electron chi connectivity index (χ2n) is 4.58. The van der Waals surface area contributed by atoms with Crippen LogP contribution in [0.5, 0.6) is 0 Å². The Hall–Kier alpha value is -2.15. The molecule has 0 saturated carbocycles. The standard InChI is InChI=1S/C18H19N/c1-3-8-16-11-7-12-18(13-16)15(2)19-14-17-9-5-4-6-10-17/h3-7,9-13H,1,8,14H2,2H3. The molecule has 96 valence electrons. The molecule has 0 aromatic heterocycles. The maximum Gasteiger partial charge on any atom is 0.0643 e. The van der Waals surface area contributed by atoms with E-state index in [1.807, 2.05) is 24.3 Å². The molecule has 2 aromatic carbocycles. The quantitative estimate of drug-likeness (QED) is 0.549. The van der Waals surface area contributed by atoms with E-state index in [-0.39, 0.29) is 0 Å². The van der Waals surface area contributed by atoms with Gasteiger partial charge in [0.2, 0.25) is 0 Å². The van der Waals surface area contributed by atoms with Gasteiger partial charge >= 0.3 is 0 Å². The summed E-state index contributed by atoms with van der Waals surface area (Å²) < 4.78 is 0. The first-order chi connectivity index (χ1) is 9.29. The summed E-state index contributed by atoms with van der Waals surface area (Å²) >= 11 is 0. The predicted molar refractivity (Wildman–Crippen MR) is 82.7 cm³/mol. The zero-order valence-corrected chi connectivity index (χ0v) is 11.3. The highest BCUT2D eigenvalue weighted by atomic mass is 14.7. The zero-order chi connectivity index (χ0) is 13.5. The molecule has 0 saturated heterocycles. The topological polar surface area (TPSA) is 12.4 Å². The minimum Gasteiger partial charge on any atom is -0.285 e. The van der Waals surface area contributed by atoms with E-state index in [0.29, 0.717) is 0 Å². The van der Waals surface area contributed by atoms with Crippen LogP contribution in [0.1, 0.15) is 23.6 Å². The van der Waals surface area contributed by atoms with Crippen LogP contribution < -0.4 is 0 Å². The molecule has 2 rings (SSSR count). The maximum absolute atomic E-state index is 4.66. The van der Waals surface area contributed by atoms with Crippen LogP contribution in [0.15, 0.2) is 72.2 Å². The Morgan fingerprint density at radius 1 is 1.05 bits per heavy atom. The third-order valence-corrected chi connectivity index (χ3v) is 3.07. The molecule has 0 N–H and O–H groups in total. The Morgan fingerprint density at radius 2 is 1.79 bits per heavy atom. The number of allylic oxidation sites excluding steroid dienone is 1. The van der Waals surface area contributed by atoms with Gasteiger partial charge in [0.15, 0.2) is 0 Å². The Bertz CT molecular complexity index is 567. The highest BCUT2D eigenvalue weighted by molar-refractivity contribution is 5.98. The molecule has 19 heavy (non-hydrogen) atoms. The van der Waals surface area contributed by atoms with Crippen molar-refractivity contribution in [2.24, 2.45) is 4.99 Å². The van der Waals surface area contributed by atoms with Crippen molar-refractivity contribution in [2.45, 2.75) is 19.9 Å².